The first-order valence-corrected chi connectivity index (χ1v) is 5.23. The van der Waals surface area contributed by atoms with Gasteiger partial charge in [-0.15, -0.1) is 0 Å². The van der Waals surface area contributed by atoms with Gasteiger partial charge in [0.15, 0.2) is 0 Å². The summed E-state index contributed by atoms with van der Waals surface area (Å²) in [6.07, 6.45) is -4.39. The van der Waals surface area contributed by atoms with Crippen molar-refractivity contribution in [2.75, 3.05) is 7.11 Å². The van der Waals surface area contributed by atoms with Crippen LogP contribution in [0.2, 0.25) is 0 Å². The predicted molar refractivity (Wildman–Crippen MR) is 60.6 cm³/mol. The Hall–Kier alpha value is -1.85. The maximum Gasteiger partial charge on any atom is 0.416 e. The van der Waals surface area contributed by atoms with Gasteiger partial charge in [0.1, 0.15) is 5.69 Å². The summed E-state index contributed by atoms with van der Waals surface area (Å²) in [5.41, 5.74) is 0.586. The van der Waals surface area contributed by atoms with Gasteiger partial charge in [-0.3, -0.25) is 0 Å². The number of ether oxygens (including phenoxy) is 1. The second-order valence-electron chi connectivity index (χ2n) is 3.97. The Kier molecular flexibility index (Phi) is 2.88. The molecule has 0 atom stereocenters. The number of methoxy groups -OCH3 is 1. The third-order valence-electron chi connectivity index (χ3n) is 2.64. The quantitative estimate of drug-likeness (QED) is 0.785. The molecule has 0 fully saturated rings. The molecule has 0 aliphatic heterocycles. The Labute approximate surface area is 102 Å². The van der Waals surface area contributed by atoms with Crippen LogP contribution < -0.4 is 4.74 Å². The van der Waals surface area contributed by atoms with E-state index in [4.69, 9.17) is 4.74 Å². The zero-order valence-electron chi connectivity index (χ0n) is 10.1. The number of rotatable bonds is 1. The highest BCUT2D eigenvalue weighted by atomic mass is 19.4. The monoisotopic (exact) mass is 256 g/mol. The van der Waals surface area contributed by atoms with Crippen molar-refractivity contribution in [2.24, 2.45) is 0 Å². The van der Waals surface area contributed by atoms with Gasteiger partial charge in [0, 0.05) is 0 Å². The maximum absolute atomic E-state index is 12.8. The largest absolute Gasteiger partial charge is 0.480 e. The maximum atomic E-state index is 12.8. The van der Waals surface area contributed by atoms with E-state index in [9.17, 15) is 13.2 Å². The molecule has 0 aliphatic rings. The van der Waals surface area contributed by atoms with Crippen LogP contribution in [-0.2, 0) is 6.18 Å². The number of halogens is 3. The summed E-state index contributed by atoms with van der Waals surface area (Å²) < 4.78 is 43.2. The van der Waals surface area contributed by atoms with Gasteiger partial charge in [0.2, 0.25) is 5.88 Å². The van der Waals surface area contributed by atoms with Crippen LogP contribution in [0.1, 0.15) is 16.8 Å². The average molecular weight is 256 g/mol. The Balaban J connectivity index is 2.74. The van der Waals surface area contributed by atoms with Crippen LogP contribution in [0, 0.1) is 13.8 Å². The molecule has 0 aliphatic carbocycles. The van der Waals surface area contributed by atoms with Crippen molar-refractivity contribution >= 4 is 11.0 Å². The highest BCUT2D eigenvalue weighted by Crippen LogP contribution is 2.34. The minimum Gasteiger partial charge on any atom is -0.480 e. The van der Waals surface area contributed by atoms with Gasteiger partial charge in [-0.1, -0.05) is 0 Å². The van der Waals surface area contributed by atoms with Crippen molar-refractivity contribution in [3.63, 3.8) is 0 Å². The number of aryl methyl sites for hydroxylation is 2. The van der Waals surface area contributed by atoms with Gasteiger partial charge < -0.3 is 4.74 Å². The van der Waals surface area contributed by atoms with Crippen LogP contribution in [0.4, 0.5) is 13.2 Å². The van der Waals surface area contributed by atoms with Crippen LogP contribution in [0.3, 0.4) is 0 Å². The van der Waals surface area contributed by atoms with Gasteiger partial charge >= 0.3 is 6.18 Å². The molecule has 0 amide bonds. The Morgan fingerprint density at radius 1 is 1.06 bits per heavy atom. The van der Waals surface area contributed by atoms with Gasteiger partial charge in [0.25, 0.3) is 0 Å². The number of benzene rings is 1. The smallest absolute Gasteiger partial charge is 0.416 e. The number of aromatic nitrogens is 2. The van der Waals surface area contributed by atoms with E-state index in [1.807, 2.05) is 0 Å². The van der Waals surface area contributed by atoms with E-state index < -0.39 is 11.7 Å². The van der Waals surface area contributed by atoms with Crippen molar-refractivity contribution in [1.29, 1.82) is 0 Å². The minimum atomic E-state index is -4.39. The molecule has 0 saturated carbocycles. The molecule has 2 aromatic rings. The second-order valence-corrected chi connectivity index (χ2v) is 3.97. The van der Waals surface area contributed by atoms with Crippen molar-refractivity contribution in [1.82, 2.24) is 9.97 Å². The Bertz CT molecular complexity index is 608. The zero-order valence-corrected chi connectivity index (χ0v) is 10.1. The first-order chi connectivity index (χ1) is 8.32. The number of nitrogens with zero attached hydrogens (tertiary/aromatic N) is 2. The minimum absolute atomic E-state index is 0.133. The SMILES string of the molecule is COc1nc2cc(C(F)(F)F)c(C)cc2nc1C. The summed E-state index contributed by atoms with van der Waals surface area (Å²) in [7, 11) is 1.40. The van der Waals surface area contributed by atoms with Crippen LogP contribution in [0.15, 0.2) is 12.1 Å². The third kappa shape index (κ3) is 2.10. The van der Waals surface area contributed by atoms with Crippen LogP contribution >= 0.6 is 0 Å². The fraction of sp³-hybridized carbons (Fsp3) is 0.333. The highest BCUT2D eigenvalue weighted by Gasteiger charge is 2.32. The number of hydrogen-bond acceptors (Lipinski definition) is 3. The fourth-order valence-corrected chi connectivity index (χ4v) is 1.78. The van der Waals surface area contributed by atoms with Gasteiger partial charge in [0.05, 0.1) is 23.7 Å². The first-order valence-electron chi connectivity index (χ1n) is 5.23. The molecule has 0 bridgehead atoms. The molecule has 6 heteroatoms. The van der Waals surface area contributed by atoms with E-state index in [0.29, 0.717) is 11.2 Å². The fourth-order valence-electron chi connectivity index (χ4n) is 1.78. The molecular formula is C12H11F3N2O. The molecule has 2 rings (SSSR count). The Morgan fingerprint density at radius 2 is 1.67 bits per heavy atom. The molecule has 18 heavy (non-hydrogen) atoms. The highest BCUT2D eigenvalue weighted by molar-refractivity contribution is 5.77. The summed E-state index contributed by atoms with van der Waals surface area (Å²) in [6.45, 7) is 3.10. The van der Waals surface area contributed by atoms with Crippen LogP contribution in [-0.4, -0.2) is 17.1 Å². The number of fused-ring (bicyclic) bond motifs is 1. The normalized spacial score (nSPS) is 11.9. The number of alkyl halides is 3. The molecule has 0 radical (unpaired) electrons. The lowest BCUT2D eigenvalue weighted by molar-refractivity contribution is -0.137. The van der Waals surface area contributed by atoms with E-state index in [0.717, 1.165) is 6.07 Å². The van der Waals surface area contributed by atoms with E-state index in [2.05, 4.69) is 9.97 Å². The van der Waals surface area contributed by atoms with Crippen LogP contribution in [0.25, 0.3) is 11.0 Å². The Morgan fingerprint density at radius 3 is 2.22 bits per heavy atom. The second kappa shape index (κ2) is 4.12. The van der Waals surface area contributed by atoms with E-state index in [1.165, 1.54) is 20.1 Å². The lowest BCUT2D eigenvalue weighted by atomic mass is 10.1. The number of hydrogen-bond donors (Lipinski definition) is 0. The molecule has 0 spiro atoms. The summed E-state index contributed by atoms with van der Waals surface area (Å²) >= 11 is 0. The van der Waals surface area contributed by atoms with Gasteiger partial charge in [-0.2, -0.15) is 13.2 Å². The summed E-state index contributed by atoms with van der Waals surface area (Å²) in [6, 6.07) is 2.39. The zero-order chi connectivity index (χ0) is 13.5. The molecule has 1 aromatic heterocycles. The van der Waals surface area contributed by atoms with Crippen molar-refractivity contribution in [2.45, 2.75) is 20.0 Å². The molecular weight excluding hydrogens is 245 g/mol. The summed E-state index contributed by atoms with van der Waals surface area (Å²) in [4.78, 5) is 8.20. The van der Waals surface area contributed by atoms with Crippen molar-refractivity contribution in [3.8, 4) is 5.88 Å². The van der Waals surface area contributed by atoms with Gasteiger partial charge in [-0.05, 0) is 31.5 Å². The molecule has 1 heterocycles. The average Bonchev–Trinajstić information content (AvgIpc) is 2.26. The molecule has 0 N–H and O–H groups in total. The summed E-state index contributed by atoms with van der Waals surface area (Å²) in [5, 5.41) is 0. The van der Waals surface area contributed by atoms with Crippen molar-refractivity contribution < 1.29 is 17.9 Å². The third-order valence-corrected chi connectivity index (χ3v) is 2.64. The molecule has 1 aromatic carbocycles. The molecule has 0 saturated heterocycles. The van der Waals surface area contributed by atoms with Crippen LogP contribution in [0.5, 0.6) is 5.88 Å². The van der Waals surface area contributed by atoms with E-state index in [-0.39, 0.29) is 17.0 Å². The van der Waals surface area contributed by atoms with E-state index in [1.54, 1.807) is 6.92 Å². The lowest BCUT2D eigenvalue weighted by Gasteiger charge is -2.12. The predicted octanol–water partition coefficient (Wildman–Crippen LogP) is 3.27. The molecule has 96 valence electrons. The lowest BCUT2D eigenvalue weighted by Crippen LogP contribution is -2.08. The molecule has 3 nitrogen and oxygen atoms in total. The topological polar surface area (TPSA) is 35.0 Å². The molecule has 0 unspecified atom stereocenters. The summed E-state index contributed by atoms with van der Waals surface area (Å²) in [5.74, 6) is 0.236. The van der Waals surface area contributed by atoms with Crippen molar-refractivity contribution in [3.05, 3.63) is 29.0 Å². The van der Waals surface area contributed by atoms with Gasteiger partial charge in [-0.25, -0.2) is 9.97 Å². The van der Waals surface area contributed by atoms with E-state index >= 15 is 0 Å². The first kappa shape index (κ1) is 12.6. The standard InChI is InChI=1S/C12H11F3N2O/c1-6-4-9-10(5-8(6)12(13,14)15)17-11(18-3)7(2)16-9/h4-5H,1-3H3.